The van der Waals surface area contributed by atoms with E-state index in [0.29, 0.717) is 12.0 Å². The lowest BCUT2D eigenvalue weighted by molar-refractivity contribution is 0.125. The second-order valence-electron chi connectivity index (χ2n) is 5.59. The minimum Gasteiger partial charge on any atom is -0.494 e. The number of para-hydroxylation sites is 1. The van der Waals surface area contributed by atoms with E-state index >= 15 is 0 Å². The first-order valence-corrected chi connectivity index (χ1v) is 7.94. The fraction of sp³-hybridized carbons (Fsp3) is 0.647. The second kappa shape index (κ2) is 11.1. The molecule has 0 aliphatic carbocycles. The zero-order chi connectivity index (χ0) is 14.4. The first-order chi connectivity index (χ1) is 9.77. The summed E-state index contributed by atoms with van der Waals surface area (Å²) in [6.07, 6.45) is 1.19. The number of halogens is 2. The first kappa shape index (κ1) is 21.5. The van der Waals surface area contributed by atoms with Gasteiger partial charge in [-0.05, 0) is 18.9 Å². The van der Waals surface area contributed by atoms with E-state index in [0.717, 1.165) is 38.5 Å². The van der Waals surface area contributed by atoms with Gasteiger partial charge in [-0.3, -0.25) is 4.90 Å². The summed E-state index contributed by atoms with van der Waals surface area (Å²) < 4.78 is 5.86. The molecule has 22 heavy (non-hydrogen) atoms. The molecular weight excluding hydrogens is 319 g/mol. The van der Waals surface area contributed by atoms with Crippen LogP contribution in [0.15, 0.2) is 24.3 Å². The lowest BCUT2D eigenvalue weighted by atomic mass is 9.90. The zero-order valence-corrected chi connectivity index (χ0v) is 15.5. The molecule has 3 nitrogen and oxygen atoms in total. The van der Waals surface area contributed by atoms with Gasteiger partial charge in [-0.2, -0.15) is 0 Å². The Morgan fingerprint density at radius 2 is 1.77 bits per heavy atom. The van der Waals surface area contributed by atoms with Crippen LogP contribution in [0.25, 0.3) is 0 Å². The topological polar surface area (TPSA) is 24.5 Å². The van der Waals surface area contributed by atoms with Crippen LogP contribution in [-0.4, -0.2) is 37.7 Å². The Bertz CT molecular complexity index is 411. The number of piperazine rings is 1. The van der Waals surface area contributed by atoms with Gasteiger partial charge < -0.3 is 10.1 Å². The quantitative estimate of drug-likeness (QED) is 0.842. The Morgan fingerprint density at radius 1 is 1.14 bits per heavy atom. The molecule has 5 heteroatoms. The third-order valence-electron chi connectivity index (χ3n) is 4.27. The normalized spacial score (nSPS) is 17.8. The van der Waals surface area contributed by atoms with Crippen LogP contribution in [0.5, 0.6) is 5.75 Å². The summed E-state index contributed by atoms with van der Waals surface area (Å²) in [5.74, 6) is 1.69. The van der Waals surface area contributed by atoms with Gasteiger partial charge in [0.25, 0.3) is 0 Å². The van der Waals surface area contributed by atoms with Gasteiger partial charge in [0.1, 0.15) is 5.75 Å². The molecule has 2 rings (SSSR count). The van der Waals surface area contributed by atoms with Crippen molar-refractivity contribution in [1.82, 2.24) is 10.2 Å². The molecular formula is C17H30Cl2N2O. The Morgan fingerprint density at radius 3 is 2.36 bits per heavy atom. The van der Waals surface area contributed by atoms with Gasteiger partial charge in [0.05, 0.1) is 6.61 Å². The lowest BCUT2D eigenvalue weighted by Crippen LogP contribution is -2.46. The number of rotatable bonds is 6. The molecule has 0 bridgehead atoms. The molecule has 1 aliphatic heterocycles. The van der Waals surface area contributed by atoms with E-state index in [4.69, 9.17) is 4.74 Å². The van der Waals surface area contributed by atoms with Crippen LogP contribution in [0.1, 0.15) is 38.8 Å². The van der Waals surface area contributed by atoms with E-state index in [9.17, 15) is 0 Å². The van der Waals surface area contributed by atoms with Crippen molar-refractivity contribution in [3.63, 3.8) is 0 Å². The summed E-state index contributed by atoms with van der Waals surface area (Å²) in [6.45, 7) is 11.8. The van der Waals surface area contributed by atoms with Gasteiger partial charge in [0.15, 0.2) is 0 Å². The molecule has 1 saturated heterocycles. The van der Waals surface area contributed by atoms with E-state index in [-0.39, 0.29) is 24.8 Å². The van der Waals surface area contributed by atoms with Crippen molar-refractivity contribution in [2.45, 2.75) is 33.2 Å². The fourth-order valence-electron chi connectivity index (χ4n) is 3.06. The molecule has 1 aromatic carbocycles. The van der Waals surface area contributed by atoms with Crippen molar-refractivity contribution >= 4 is 24.8 Å². The van der Waals surface area contributed by atoms with Crippen LogP contribution in [0.4, 0.5) is 0 Å². The standard InChI is InChI=1S/C17H28N2O.2ClH/c1-4-14(3)17(19-12-10-18-11-13-19)15-8-6-7-9-16(15)20-5-2;;/h6-9,14,17-18H,4-5,10-13H2,1-3H3;2*1H/t14?,17-;;/m1../s1. The van der Waals surface area contributed by atoms with Gasteiger partial charge in [0.2, 0.25) is 0 Å². The molecule has 2 atom stereocenters. The van der Waals surface area contributed by atoms with Crippen LogP contribution in [0.2, 0.25) is 0 Å². The molecule has 0 radical (unpaired) electrons. The predicted octanol–water partition coefficient (Wildman–Crippen LogP) is 3.92. The van der Waals surface area contributed by atoms with Crippen molar-refractivity contribution in [3.8, 4) is 5.75 Å². The zero-order valence-electron chi connectivity index (χ0n) is 13.9. The Balaban J connectivity index is 0.00000220. The molecule has 0 aromatic heterocycles. The third-order valence-corrected chi connectivity index (χ3v) is 4.27. The summed E-state index contributed by atoms with van der Waals surface area (Å²) in [5, 5.41) is 3.44. The van der Waals surface area contributed by atoms with E-state index in [1.54, 1.807) is 0 Å². The fourth-order valence-corrected chi connectivity index (χ4v) is 3.06. The summed E-state index contributed by atoms with van der Waals surface area (Å²) in [7, 11) is 0. The maximum atomic E-state index is 5.86. The second-order valence-corrected chi connectivity index (χ2v) is 5.59. The monoisotopic (exact) mass is 348 g/mol. The highest BCUT2D eigenvalue weighted by atomic mass is 35.5. The molecule has 0 amide bonds. The highest BCUT2D eigenvalue weighted by Gasteiger charge is 2.28. The van der Waals surface area contributed by atoms with E-state index in [1.165, 1.54) is 12.0 Å². The molecule has 1 N–H and O–H groups in total. The Labute approximate surface area is 147 Å². The van der Waals surface area contributed by atoms with Gasteiger partial charge in [0, 0.05) is 37.8 Å². The van der Waals surface area contributed by atoms with Crippen molar-refractivity contribution in [3.05, 3.63) is 29.8 Å². The number of hydrogen-bond acceptors (Lipinski definition) is 3. The van der Waals surface area contributed by atoms with Crippen molar-refractivity contribution in [1.29, 1.82) is 0 Å². The molecule has 1 heterocycles. The predicted molar refractivity (Wildman–Crippen MR) is 98.7 cm³/mol. The maximum Gasteiger partial charge on any atom is 0.124 e. The molecule has 0 spiro atoms. The van der Waals surface area contributed by atoms with Crippen LogP contribution in [0.3, 0.4) is 0 Å². The molecule has 1 aliphatic rings. The minimum absolute atomic E-state index is 0. The SMILES string of the molecule is CCOc1ccccc1[C@@H](C(C)CC)N1CCNCC1.Cl.Cl. The molecule has 0 saturated carbocycles. The molecule has 1 unspecified atom stereocenters. The van der Waals surface area contributed by atoms with Gasteiger partial charge in [-0.1, -0.05) is 38.5 Å². The van der Waals surface area contributed by atoms with Crippen LogP contribution in [-0.2, 0) is 0 Å². The van der Waals surface area contributed by atoms with E-state index < -0.39 is 0 Å². The average molecular weight is 349 g/mol. The lowest BCUT2D eigenvalue weighted by Gasteiger charge is -2.39. The summed E-state index contributed by atoms with van der Waals surface area (Å²) >= 11 is 0. The summed E-state index contributed by atoms with van der Waals surface area (Å²) in [5.41, 5.74) is 1.35. The van der Waals surface area contributed by atoms with Crippen LogP contribution >= 0.6 is 24.8 Å². The largest absolute Gasteiger partial charge is 0.494 e. The number of ether oxygens (including phenoxy) is 1. The highest BCUT2D eigenvalue weighted by Crippen LogP contribution is 2.36. The molecule has 1 aromatic rings. The van der Waals surface area contributed by atoms with Gasteiger partial charge in [-0.15, -0.1) is 24.8 Å². The highest BCUT2D eigenvalue weighted by molar-refractivity contribution is 5.85. The Kier molecular flexibility index (Phi) is 10.9. The first-order valence-electron chi connectivity index (χ1n) is 7.94. The number of nitrogens with one attached hydrogen (secondary N) is 1. The third kappa shape index (κ3) is 5.31. The van der Waals surface area contributed by atoms with E-state index in [2.05, 4.69) is 55.3 Å². The van der Waals surface area contributed by atoms with Crippen LogP contribution < -0.4 is 10.1 Å². The molecule has 128 valence electrons. The van der Waals surface area contributed by atoms with Crippen molar-refractivity contribution < 1.29 is 4.74 Å². The minimum atomic E-state index is 0. The molecule has 1 fully saturated rings. The number of hydrogen-bond donors (Lipinski definition) is 1. The summed E-state index contributed by atoms with van der Waals surface area (Å²) in [4.78, 5) is 2.61. The summed E-state index contributed by atoms with van der Waals surface area (Å²) in [6, 6.07) is 9.01. The van der Waals surface area contributed by atoms with Crippen LogP contribution in [0, 0.1) is 5.92 Å². The van der Waals surface area contributed by atoms with E-state index in [1.807, 2.05) is 0 Å². The smallest absolute Gasteiger partial charge is 0.124 e. The Hall–Kier alpha value is -0.480. The number of benzene rings is 1. The number of nitrogens with zero attached hydrogens (tertiary/aromatic N) is 1. The maximum absolute atomic E-state index is 5.86. The van der Waals surface area contributed by atoms with Gasteiger partial charge >= 0.3 is 0 Å². The van der Waals surface area contributed by atoms with Crippen molar-refractivity contribution in [2.75, 3.05) is 32.8 Å². The average Bonchev–Trinajstić information content (AvgIpc) is 2.50. The van der Waals surface area contributed by atoms with Crippen molar-refractivity contribution in [2.24, 2.45) is 5.92 Å². The van der Waals surface area contributed by atoms with Gasteiger partial charge in [-0.25, -0.2) is 0 Å².